The summed E-state index contributed by atoms with van der Waals surface area (Å²) in [7, 11) is 0. The number of thioether (sulfide) groups is 1. The Kier molecular flexibility index (Phi) is 4.34. The van der Waals surface area contributed by atoms with Crippen molar-refractivity contribution in [2.24, 2.45) is 0 Å². The summed E-state index contributed by atoms with van der Waals surface area (Å²) in [6.07, 6.45) is 4.67. The van der Waals surface area contributed by atoms with Gasteiger partial charge in [-0.25, -0.2) is 0 Å². The Bertz CT molecular complexity index is 841. The second-order valence-electron chi connectivity index (χ2n) is 6.02. The highest BCUT2D eigenvalue weighted by atomic mass is 32.2. The molecule has 0 spiro atoms. The summed E-state index contributed by atoms with van der Waals surface area (Å²) in [5, 5.41) is 17.9. The Morgan fingerprint density at radius 2 is 2.08 bits per heavy atom. The maximum absolute atomic E-state index is 5.79. The van der Waals surface area contributed by atoms with Crippen LogP contribution in [0.4, 0.5) is 0 Å². The Morgan fingerprint density at radius 3 is 3.00 bits per heavy atom. The highest BCUT2D eigenvalue weighted by molar-refractivity contribution is 7.98. The summed E-state index contributed by atoms with van der Waals surface area (Å²) in [5.41, 5.74) is 2.13. The number of aromatic nitrogens is 5. The van der Waals surface area contributed by atoms with Crippen LogP contribution >= 0.6 is 11.8 Å². The smallest absolute Gasteiger partial charge is 0.247 e. The molecule has 0 fully saturated rings. The van der Waals surface area contributed by atoms with Crippen LogP contribution in [-0.4, -0.2) is 25.0 Å². The molecule has 0 bridgehead atoms. The molecule has 0 saturated carbocycles. The molecular formula is C17H19N5OS. The van der Waals surface area contributed by atoms with E-state index in [-0.39, 0.29) is 0 Å². The van der Waals surface area contributed by atoms with Crippen LogP contribution in [-0.2, 0) is 18.7 Å². The van der Waals surface area contributed by atoms with Crippen molar-refractivity contribution >= 4 is 11.8 Å². The van der Waals surface area contributed by atoms with E-state index in [9.17, 15) is 0 Å². The monoisotopic (exact) mass is 341 g/mol. The molecule has 124 valence electrons. The first-order valence-electron chi connectivity index (χ1n) is 8.24. The van der Waals surface area contributed by atoms with Gasteiger partial charge in [0.15, 0.2) is 5.16 Å². The molecule has 3 aromatic rings. The standard InChI is InChI=1S/C17H19N5OS/c1-12-6-5-7-13(10-12)16-20-19-15(23-16)11-24-17-21-18-14-8-3-2-4-9-22(14)17/h5-7,10H,2-4,8-9,11H2,1H3. The van der Waals surface area contributed by atoms with Crippen LogP contribution in [0.2, 0.25) is 0 Å². The fourth-order valence-electron chi connectivity index (χ4n) is 2.90. The van der Waals surface area contributed by atoms with Crippen molar-refractivity contribution in [3.05, 3.63) is 41.5 Å². The predicted molar refractivity (Wildman–Crippen MR) is 91.6 cm³/mol. The first kappa shape index (κ1) is 15.4. The van der Waals surface area contributed by atoms with Gasteiger partial charge in [0.25, 0.3) is 0 Å². The molecule has 0 atom stereocenters. The Labute approximate surface area is 144 Å². The lowest BCUT2D eigenvalue weighted by molar-refractivity contribution is 0.527. The third-order valence-electron chi connectivity index (χ3n) is 4.13. The van der Waals surface area contributed by atoms with Crippen LogP contribution in [0.3, 0.4) is 0 Å². The summed E-state index contributed by atoms with van der Waals surface area (Å²) < 4.78 is 8.02. The number of aryl methyl sites for hydroxylation is 2. The summed E-state index contributed by atoms with van der Waals surface area (Å²) in [6.45, 7) is 3.05. The largest absolute Gasteiger partial charge is 0.420 e. The zero-order chi connectivity index (χ0) is 16.4. The van der Waals surface area contributed by atoms with Gasteiger partial charge < -0.3 is 8.98 Å². The van der Waals surface area contributed by atoms with Gasteiger partial charge in [0, 0.05) is 18.5 Å². The van der Waals surface area contributed by atoms with E-state index >= 15 is 0 Å². The van der Waals surface area contributed by atoms with E-state index in [4.69, 9.17) is 4.42 Å². The van der Waals surface area contributed by atoms with Gasteiger partial charge in [-0.15, -0.1) is 20.4 Å². The summed E-state index contributed by atoms with van der Waals surface area (Å²) in [5.74, 6) is 2.88. The summed E-state index contributed by atoms with van der Waals surface area (Å²) in [6, 6.07) is 8.07. The van der Waals surface area contributed by atoms with Gasteiger partial charge in [-0.3, -0.25) is 0 Å². The van der Waals surface area contributed by atoms with Crippen LogP contribution in [0.25, 0.3) is 11.5 Å². The maximum Gasteiger partial charge on any atom is 0.247 e. The maximum atomic E-state index is 5.79. The number of fused-ring (bicyclic) bond motifs is 1. The minimum absolute atomic E-state index is 0.564. The van der Waals surface area contributed by atoms with Gasteiger partial charge >= 0.3 is 0 Å². The van der Waals surface area contributed by atoms with E-state index < -0.39 is 0 Å². The number of hydrogen-bond donors (Lipinski definition) is 0. The van der Waals surface area contributed by atoms with Crippen LogP contribution in [0, 0.1) is 6.92 Å². The molecule has 1 aliphatic rings. The topological polar surface area (TPSA) is 69.6 Å². The Hall–Kier alpha value is -2.15. The molecule has 1 aliphatic heterocycles. The van der Waals surface area contributed by atoms with E-state index in [0.29, 0.717) is 17.5 Å². The fourth-order valence-corrected chi connectivity index (χ4v) is 3.72. The van der Waals surface area contributed by atoms with Crippen LogP contribution in [0.1, 0.15) is 36.5 Å². The van der Waals surface area contributed by atoms with Gasteiger partial charge in [-0.1, -0.05) is 35.9 Å². The number of hydrogen-bond acceptors (Lipinski definition) is 6. The highest BCUT2D eigenvalue weighted by Gasteiger charge is 2.16. The quantitative estimate of drug-likeness (QED) is 0.675. The van der Waals surface area contributed by atoms with E-state index in [2.05, 4.69) is 25.0 Å². The third kappa shape index (κ3) is 3.21. The van der Waals surface area contributed by atoms with Crippen molar-refractivity contribution in [2.75, 3.05) is 0 Å². The van der Waals surface area contributed by atoms with Crippen molar-refractivity contribution in [2.45, 2.75) is 50.1 Å². The zero-order valence-corrected chi connectivity index (χ0v) is 14.4. The number of benzene rings is 1. The molecule has 0 saturated heterocycles. The van der Waals surface area contributed by atoms with Crippen LogP contribution in [0.15, 0.2) is 33.8 Å². The molecule has 2 aromatic heterocycles. The zero-order valence-electron chi connectivity index (χ0n) is 13.6. The van der Waals surface area contributed by atoms with Gasteiger partial charge in [0.1, 0.15) is 5.82 Å². The van der Waals surface area contributed by atoms with Gasteiger partial charge in [-0.2, -0.15) is 0 Å². The minimum atomic E-state index is 0.564. The van der Waals surface area contributed by atoms with Crippen LogP contribution in [0.5, 0.6) is 0 Å². The van der Waals surface area contributed by atoms with Crippen molar-refractivity contribution in [3.63, 3.8) is 0 Å². The number of rotatable bonds is 4. The molecule has 7 heteroatoms. The highest BCUT2D eigenvalue weighted by Crippen LogP contribution is 2.26. The van der Waals surface area contributed by atoms with Crippen molar-refractivity contribution in [1.29, 1.82) is 0 Å². The predicted octanol–water partition coefficient (Wildman–Crippen LogP) is 3.66. The molecule has 0 aliphatic carbocycles. The molecule has 1 aromatic carbocycles. The van der Waals surface area contributed by atoms with E-state index in [1.807, 2.05) is 31.2 Å². The lowest BCUT2D eigenvalue weighted by Gasteiger charge is -2.04. The second-order valence-corrected chi connectivity index (χ2v) is 6.96. The fraction of sp³-hybridized carbons (Fsp3) is 0.412. The van der Waals surface area contributed by atoms with Crippen molar-refractivity contribution in [1.82, 2.24) is 25.0 Å². The summed E-state index contributed by atoms with van der Waals surface area (Å²) >= 11 is 1.61. The molecular weight excluding hydrogens is 322 g/mol. The number of nitrogens with zero attached hydrogens (tertiary/aromatic N) is 5. The molecule has 4 rings (SSSR count). The van der Waals surface area contributed by atoms with Crippen LogP contribution < -0.4 is 0 Å². The molecule has 6 nitrogen and oxygen atoms in total. The lowest BCUT2D eigenvalue weighted by Crippen LogP contribution is -2.02. The summed E-state index contributed by atoms with van der Waals surface area (Å²) in [4.78, 5) is 0. The van der Waals surface area contributed by atoms with Gasteiger partial charge in [0.2, 0.25) is 11.8 Å². The molecule has 3 heterocycles. The van der Waals surface area contributed by atoms with Gasteiger partial charge in [0.05, 0.1) is 5.75 Å². The SMILES string of the molecule is Cc1cccc(-c2nnc(CSc3nnc4n3CCCCC4)o2)c1. The van der Waals surface area contributed by atoms with Crippen molar-refractivity contribution in [3.8, 4) is 11.5 Å². The molecule has 24 heavy (non-hydrogen) atoms. The normalized spacial score (nSPS) is 14.4. The van der Waals surface area contributed by atoms with Gasteiger partial charge in [-0.05, 0) is 31.9 Å². The van der Waals surface area contributed by atoms with E-state index in [1.165, 1.54) is 24.8 Å². The molecule has 0 N–H and O–H groups in total. The van der Waals surface area contributed by atoms with Crippen molar-refractivity contribution < 1.29 is 4.42 Å². The molecule has 0 unspecified atom stereocenters. The van der Waals surface area contributed by atoms with E-state index in [1.54, 1.807) is 11.8 Å². The first-order chi connectivity index (χ1) is 11.8. The molecule has 0 radical (unpaired) electrons. The second kappa shape index (κ2) is 6.76. The lowest BCUT2D eigenvalue weighted by atomic mass is 10.1. The average molecular weight is 341 g/mol. The Morgan fingerprint density at radius 1 is 1.12 bits per heavy atom. The van der Waals surface area contributed by atoms with E-state index in [0.717, 1.165) is 29.5 Å². The first-order valence-corrected chi connectivity index (χ1v) is 9.22. The Balaban J connectivity index is 1.46. The molecule has 0 amide bonds. The minimum Gasteiger partial charge on any atom is -0.420 e. The average Bonchev–Trinajstić information content (AvgIpc) is 3.14. The third-order valence-corrected chi connectivity index (χ3v) is 5.08.